The molecule has 1 fully saturated rings. The van der Waals surface area contributed by atoms with Crippen molar-refractivity contribution in [3.63, 3.8) is 0 Å². The standard InChI is InChI=1S/C24H25N5O/c1-17-3-7-20(8-4-17)23-13-22(24(30)28(2)16-19-11-12-26-15-19)27-29(23)21-9-5-18(14-25)6-10-21/h3-10,13,19,26H,11-12,15-16H2,1-2H3. The minimum atomic E-state index is -0.0809. The predicted molar refractivity (Wildman–Crippen MR) is 116 cm³/mol. The first-order valence-electron chi connectivity index (χ1n) is 10.2. The van der Waals surface area contributed by atoms with E-state index in [2.05, 4.69) is 16.5 Å². The van der Waals surface area contributed by atoms with E-state index >= 15 is 0 Å². The number of aromatic nitrogens is 2. The molecule has 3 aromatic rings. The van der Waals surface area contributed by atoms with Gasteiger partial charge in [0.2, 0.25) is 0 Å². The summed E-state index contributed by atoms with van der Waals surface area (Å²) in [5.74, 6) is 0.402. The lowest BCUT2D eigenvalue weighted by Gasteiger charge is -2.19. The van der Waals surface area contributed by atoms with Crippen molar-refractivity contribution in [1.82, 2.24) is 20.0 Å². The van der Waals surface area contributed by atoms with Crippen LogP contribution in [-0.2, 0) is 0 Å². The van der Waals surface area contributed by atoms with Gasteiger partial charge in [0.1, 0.15) is 0 Å². The Hall–Kier alpha value is -3.43. The Kier molecular flexibility index (Phi) is 5.64. The average molecular weight is 399 g/mol. The van der Waals surface area contributed by atoms with Gasteiger partial charge >= 0.3 is 0 Å². The van der Waals surface area contributed by atoms with E-state index in [1.165, 1.54) is 5.56 Å². The van der Waals surface area contributed by atoms with Crippen LogP contribution in [0.3, 0.4) is 0 Å². The van der Waals surface area contributed by atoms with Crippen molar-refractivity contribution >= 4 is 5.91 Å². The summed E-state index contributed by atoms with van der Waals surface area (Å²) >= 11 is 0. The molecule has 6 nitrogen and oxygen atoms in total. The molecule has 152 valence electrons. The van der Waals surface area contributed by atoms with E-state index in [4.69, 9.17) is 5.26 Å². The first-order valence-corrected chi connectivity index (χ1v) is 10.2. The summed E-state index contributed by atoms with van der Waals surface area (Å²) in [6.45, 7) is 4.72. The molecule has 0 spiro atoms. The van der Waals surface area contributed by atoms with Crippen LogP contribution >= 0.6 is 0 Å². The summed E-state index contributed by atoms with van der Waals surface area (Å²) in [5, 5.41) is 17.1. The molecule has 0 bridgehead atoms. The number of nitrogens with zero attached hydrogens (tertiary/aromatic N) is 4. The van der Waals surface area contributed by atoms with Crippen LogP contribution in [0.25, 0.3) is 16.9 Å². The number of benzene rings is 2. The Labute approximate surface area is 176 Å². The number of nitriles is 1. The van der Waals surface area contributed by atoms with Crippen LogP contribution in [0.15, 0.2) is 54.6 Å². The Balaban J connectivity index is 1.70. The smallest absolute Gasteiger partial charge is 0.274 e. The minimum absolute atomic E-state index is 0.0809. The molecular formula is C24H25N5O. The fourth-order valence-corrected chi connectivity index (χ4v) is 3.83. The van der Waals surface area contributed by atoms with Crippen molar-refractivity contribution in [2.75, 3.05) is 26.7 Å². The first kappa shape index (κ1) is 19.9. The van der Waals surface area contributed by atoms with Gasteiger partial charge in [-0.15, -0.1) is 0 Å². The van der Waals surface area contributed by atoms with Crippen LogP contribution in [0.4, 0.5) is 0 Å². The van der Waals surface area contributed by atoms with Gasteiger partial charge < -0.3 is 10.2 Å². The number of carbonyl (C=O) groups is 1. The van der Waals surface area contributed by atoms with Gasteiger partial charge in [0.05, 0.1) is 23.0 Å². The molecule has 6 heteroatoms. The van der Waals surface area contributed by atoms with Crippen LogP contribution < -0.4 is 5.32 Å². The molecule has 1 aliphatic rings. The lowest BCUT2D eigenvalue weighted by atomic mass is 10.1. The third-order valence-electron chi connectivity index (χ3n) is 5.56. The molecule has 4 rings (SSSR count). The van der Waals surface area contributed by atoms with E-state index in [-0.39, 0.29) is 5.91 Å². The lowest BCUT2D eigenvalue weighted by molar-refractivity contribution is 0.0770. The second-order valence-corrected chi connectivity index (χ2v) is 7.90. The molecular weight excluding hydrogens is 374 g/mol. The molecule has 1 amide bonds. The molecule has 2 aromatic carbocycles. The monoisotopic (exact) mass is 399 g/mol. The maximum Gasteiger partial charge on any atom is 0.274 e. The number of nitrogens with one attached hydrogen (secondary N) is 1. The van der Waals surface area contributed by atoms with Gasteiger partial charge in [-0.3, -0.25) is 4.79 Å². The van der Waals surface area contributed by atoms with Gasteiger partial charge in [0.25, 0.3) is 5.91 Å². The molecule has 1 atom stereocenters. The highest BCUT2D eigenvalue weighted by Gasteiger charge is 2.23. The Morgan fingerprint density at radius 1 is 1.23 bits per heavy atom. The zero-order valence-corrected chi connectivity index (χ0v) is 17.3. The molecule has 1 N–H and O–H groups in total. The highest BCUT2D eigenvalue weighted by molar-refractivity contribution is 5.93. The second kappa shape index (κ2) is 8.52. The van der Waals surface area contributed by atoms with Crippen molar-refractivity contribution in [3.05, 3.63) is 71.4 Å². The van der Waals surface area contributed by atoms with Crippen LogP contribution in [0.5, 0.6) is 0 Å². The molecule has 1 aromatic heterocycles. The second-order valence-electron chi connectivity index (χ2n) is 7.90. The fraction of sp³-hybridized carbons (Fsp3) is 0.292. The van der Waals surface area contributed by atoms with Crippen molar-refractivity contribution in [2.24, 2.45) is 5.92 Å². The van der Waals surface area contributed by atoms with E-state index < -0.39 is 0 Å². The topological polar surface area (TPSA) is 74.0 Å². The molecule has 1 unspecified atom stereocenters. The van der Waals surface area contributed by atoms with E-state index in [0.29, 0.717) is 17.2 Å². The Bertz CT molecular complexity index is 1070. The number of hydrogen-bond acceptors (Lipinski definition) is 4. The number of amides is 1. The van der Waals surface area contributed by atoms with Crippen molar-refractivity contribution < 1.29 is 4.79 Å². The van der Waals surface area contributed by atoms with Gasteiger partial charge in [-0.05, 0) is 62.7 Å². The van der Waals surface area contributed by atoms with E-state index in [1.54, 1.807) is 21.7 Å². The SMILES string of the molecule is Cc1ccc(-c2cc(C(=O)N(C)CC3CCNC3)nn2-c2ccc(C#N)cc2)cc1. The number of rotatable bonds is 5. The zero-order chi connectivity index (χ0) is 21.1. The zero-order valence-electron chi connectivity index (χ0n) is 17.3. The Morgan fingerprint density at radius 2 is 1.97 bits per heavy atom. The summed E-state index contributed by atoms with van der Waals surface area (Å²) in [7, 11) is 1.84. The maximum atomic E-state index is 13.1. The van der Waals surface area contributed by atoms with Gasteiger partial charge in [0.15, 0.2) is 5.69 Å². The summed E-state index contributed by atoms with van der Waals surface area (Å²) < 4.78 is 1.78. The van der Waals surface area contributed by atoms with E-state index in [1.807, 2.05) is 56.4 Å². The van der Waals surface area contributed by atoms with E-state index in [0.717, 1.165) is 43.0 Å². The maximum absolute atomic E-state index is 13.1. The van der Waals surface area contributed by atoms with Gasteiger partial charge in [-0.2, -0.15) is 10.4 Å². The van der Waals surface area contributed by atoms with Crippen molar-refractivity contribution in [1.29, 1.82) is 5.26 Å². The molecule has 1 saturated heterocycles. The summed E-state index contributed by atoms with van der Waals surface area (Å²) in [6.07, 6.45) is 1.09. The third kappa shape index (κ3) is 4.12. The number of carbonyl (C=O) groups excluding carboxylic acids is 1. The van der Waals surface area contributed by atoms with Crippen LogP contribution in [0.2, 0.25) is 0 Å². The molecule has 0 aliphatic carbocycles. The van der Waals surface area contributed by atoms with Gasteiger partial charge in [-0.25, -0.2) is 4.68 Å². The van der Waals surface area contributed by atoms with Crippen LogP contribution in [-0.4, -0.2) is 47.3 Å². The number of hydrogen-bond donors (Lipinski definition) is 1. The molecule has 1 aliphatic heterocycles. The van der Waals surface area contributed by atoms with Crippen molar-refractivity contribution in [2.45, 2.75) is 13.3 Å². The van der Waals surface area contributed by atoms with Crippen molar-refractivity contribution in [3.8, 4) is 23.0 Å². The normalized spacial score (nSPS) is 15.7. The average Bonchev–Trinajstić information content (AvgIpc) is 3.44. The van der Waals surface area contributed by atoms with Gasteiger partial charge in [0, 0.05) is 19.2 Å². The third-order valence-corrected chi connectivity index (χ3v) is 5.56. The minimum Gasteiger partial charge on any atom is -0.340 e. The molecule has 2 heterocycles. The lowest BCUT2D eigenvalue weighted by Crippen LogP contribution is -2.33. The number of aryl methyl sites for hydroxylation is 1. The molecule has 0 radical (unpaired) electrons. The van der Waals surface area contributed by atoms with E-state index in [9.17, 15) is 4.79 Å². The largest absolute Gasteiger partial charge is 0.340 e. The summed E-state index contributed by atoms with van der Waals surface area (Å²) in [5.41, 5.74) is 4.82. The summed E-state index contributed by atoms with van der Waals surface area (Å²) in [6, 6.07) is 19.4. The highest BCUT2D eigenvalue weighted by Crippen LogP contribution is 2.25. The van der Waals surface area contributed by atoms with Crippen LogP contribution in [0, 0.1) is 24.2 Å². The molecule has 30 heavy (non-hydrogen) atoms. The first-order chi connectivity index (χ1) is 14.5. The predicted octanol–water partition coefficient (Wildman–Crippen LogP) is 3.40. The van der Waals surface area contributed by atoms with Crippen LogP contribution in [0.1, 0.15) is 28.0 Å². The van der Waals surface area contributed by atoms with Gasteiger partial charge in [-0.1, -0.05) is 29.8 Å². The molecule has 0 saturated carbocycles. The highest BCUT2D eigenvalue weighted by atomic mass is 16.2. The quantitative estimate of drug-likeness (QED) is 0.714. The fourth-order valence-electron chi connectivity index (χ4n) is 3.83. The Morgan fingerprint density at radius 3 is 2.60 bits per heavy atom. The summed E-state index contributed by atoms with van der Waals surface area (Å²) in [4.78, 5) is 14.9.